The number of aryl methyl sites for hydroxylation is 2. The van der Waals surface area contributed by atoms with E-state index in [0.29, 0.717) is 0 Å². The van der Waals surface area contributed by atoms with E-state index in [9.17, 15) is 0 Å². The van der Waals surface area contributed by atoms with Crippen molar-refractivity contribution in [2.24, 2.45) is 0 Å². The number of ether oxygens (including phenoxy) is 3. The van der Waals surface area contributed by atoms with E-state index in [2.05, 4.69) is 17.9 Å². The summed E-state index contributed by atoms with van der Waals surface area (Å²) in [4.78, 5) is 7.04. The van der Waals surface area contributed by atoms with Crippen molar-refractivity contribution in [3.8, 4) is 22.6 Å². The van der Waals surface area contributed by atoms with Gasteiger partial charge in [0.15, 0.2) is 5.65 Å². The number of hydrogen-bond donors (Lipinski definition) is 0. The van der Waals surface area contributed by atoms with Crippen LogP contribution in [0.5, 0.6) is 11.5 Å². The Morgan fingerprint density at radius 2 is 1.86 bits per heavy atom. The lowest BCUT2D eigenvalue weighted by molar-refractivity contribution is 0.113. The highest BCUT2D eigenvalue weighted by Crippen LogP contribution is 2.38. The van der Waals surface area contributed by atoms with Gasteiger partial charge in [-0.05, 0) is 39.3 Å². The minimum atomic E-state index is -0.0802. The summed E-state index contributed by atoms with van der Waals surface area (Å²) in [6.07, 6.45) is 0.916. The van der Waals surface area contributed by atoms with E-state index >= 15 is 0 Å². The largest absolute Gasteiger partial charge is 0.497 e. The summed E-state index contributed by atoms with van der Waals surface area (Å²) >= 11 is 0. The van der Waals surface area contributed by atoms with Crippen LogP contribution in [0.25, 0.3) is 16.8 Å². The number of benzene rings is 1. The lowest BCUT2D eigenvalue weighted by atomic mass is 10.0. The molecule has 1 aromatic carbocycles. The van der Waals surface area contributed by atoms with Crippen LogP contribution >= 0.6 is 0 Å². The molecule has 156 valence electrons. The monoisotopic (exact) mass is 398 g/mol. The van der Waals surface area contributed by atoms with Gasteiger partial charge >= 0.3 is 0 Å². The normalized spacial score (nSPS) is 12.2. The Hall–Kier alpha value is -2.80. The highest BCUT2D eigenvalue weighted by atomic mass is 16.5. The molecule has 1 unspecified atom stereocenters. The molecule has 0 amide bonds. The van der Waals surface area contributed by atoms with Crippen LogP contribution in [0.15, 0.2) is 24.3 Å². The molecule has 0 spiro atoms. The lowest BCUT2D eigenvalue weighted by Crippen LogP contribution is -2.36. The molecule has 3 aromatic rings. The van der Waals surface area contributed by atoms with Gasteiger partial charge in [-0.1, -0.05) is 6.92 Å². The molecule has 0 saturated heterocycles. The maximum Gasteiger partial charge on any atom is 0.165 e. The molecule has 29 heavy (non-hydrogen) atoms. The number of methoxy groups -OCH3 is 3. The summed E-state index contributed by atoms with van der Waals surface area (Å²) in [6, 6.07) is 7.85. The van der Waals surface area contributed by atoms with Crippen molar-refractivity contribution in [1.29, 1.82) is 0 Å². The van der Waals surface area contributed by atoms with Crippen molar-refractivity contribution in [2.75, 3.05) is 32.8 Å². The molecule has 2 aromatic heterocycles. The molecule has 0 saturated carbocycles. The van der Waals surface area contributed by atoms with Gasteiger partial charge in [-0.25, -0.2) is 4.98 Å². The third-order valence-electron chi connectivity index (χ3n) is 5.09. The fraction of sp³-hybridized carbons (Fsp3) is 0.455. The van der Waals surface area contributed by atoms with Gasteiger partial charge in [0.25, 0.3) is 0 Å². The van der Waals surface area contributed by atoms with Crippen LogP contribution in [0, 0.1) is 13.8 Å². The quantitative estimate of drug-likeness (QED) is 0.529. The first kappa shape index (κ1) is 20.9. The molecule has 2 heterocycles. The second-order valence-corrected chi connectivity index (χ2v) is 7.05. The maximum atomic E-state index is 5.64. The number of aromatic nitrogens is 3. The zero-order valence-electron chi connectivity index (χ0n) is 18.3. The van der Waals surface area contributed by atoms with Crippen LogP contribution in [0.4, 0.5) is 5.82 Å². The summed E-state index contributed by atoms with van der Waals surface area (Å²) in [7, 11) is 5.03. The summed E-state index contributed by atoms with van der Waals surface area (Å²) < 4.78 is 18.5. The van der Waals surface area contributed by atoms with Crippen LogP contribution in [0.2, 0.25) is 0 Å². The van der Waals surface area contributed by atoms with E-state index in [4.69, 9.17) is 24.3 Å². The molecule has 0 aliphatic rings. The molecule has 0 fully saturated rings. The van der Waals surface area contributed by atoms with E-state index < -0.39 is 0 Å². The number of fused-ring (bicyclic) bond motifs is 1. The molecule has 0 N–H and O–H groups in total. The fourth-order valence-electron chi connectivity index (χ4n) is 3.60. The first-order valence-electron chi connectivity index (χ1n) is 9.83. The molecule has 3 rings (SSSR count). The number of anilines is 1. The fourth-order valence-corrected chi connectivity index (χ4v) is 3.60. The molecule has 7 nitrogen and oxygen atoms in total. The van der Waals surface area contributed by atoms with Crippen LogP contribution in [0.3, 0.4) is 0 Å². The number of hydrogen-bond acceptors (Lipinski definition) is 6. The topological polar surface area (TPSA) is 61.1 Å². The standard InChI is InChI=1S/C22H30N4O3/c1-8-11-25(16(4)27-5)20-12-14(2)23-22-21(15(3)24-26(20)22)18-10-9-17(28-6)13-19(18)29-7/h9-10,12-13,16H,8,11H2,1-7H3. The molecule has 0 aliphatic heterocycles. The molecule has 7 heteroatoms. The van der Waals surface area contributed by atoms with Gasteiger partial charge < -0.3 is 19.1 Å². The van der Waals surface area contributed by atoms with E-state index in [1.165, 1.54) is 0 Å². The highest BCUT2D eigenvalue weighted by molar-refractivity contribution is 5.85. The molecule has 0 bridgehead atoms. The lowest BCUT2D eigenvalue weighted by Gasteiger charge is -2.30. The SMILES string of the molecule is CCCN(c1cc(C)nc2c(-c3ccc(OC)cc3OC)c(C)nn12)C(C)OC. The van der Waals surface area contributed by atoms with E-state index in [-0.39, 0.29) is 6.23 Å². The van der Waals surface area contributed by atoms with Gasteiger partial charge in [0.05, 0.1) is 25.5 Å². The van der Waals surface area contributed by atoms with Gasteiger partial charge in [-0.3, -0.25) is 0 Å². The first-order valence-corrected chi connectivity index (χ1v) is 9.83. The Kier molecular flexibility index (Phi) is 6.27. The summed E-state index contributed by atoms with van der Waals surface area (Å²) in [5.41, 5.74) is 4.49. The van der Waals surface area contributed by atoms with Gasteiger partial charge in [0, 0.05) is 37.0 Å². The Labute approximate surface area is 172 Å². The van der Waals surface area contributed by atoms with Crippen molar-refractivity contribution >= 4 is 11.5 Å². The van der Waals surface area contributed by atoms with E-state index in [1.54, 1.807) is 21.3 Å². The molecular formula is C22H30N4O3. The van der Waals surface area contributed by atoms with Crippen molar-refractivity contribution in [1.82, 2.24) is 14.6 Å². The van der Waals surface area contributed by atoms with Crippen molar-refractivity contribution in [3.63, 3.8) is 0 Å². The predicted molar refractivity (Wildman–Crippen MR) is 115 cm³/mol. The zero-order chi connectivity index (χ0) is 21.1. The van der Waals surface area contributed by atoms with E-state index in [0.717, 1.165) is 58.4 Å². The Balaban J connectivity index is 2.27. The van der Waals surface area contributed by atoms with Crippen LogP contribution in [-0.2, 0) is 4.74 Å². The first-order chi connectivity index (χ1) is 13.9. The minimum absolute atomic E-state index is 0.0802. The summed E-state index contributed by atoms with van der Waals surface area (Å²) in [6.45, 7) is 9.05. The van der Waals surface area contributed by atoms with Crippen LogP contribution in [-0.4, -0.2) is 48.7 Å². The Morgan fingerprint density at radius 1 is 1.10 bits per heavy atom. The van der Waals surface area contributed by atoms with E-state index in [1.807, 2.05) is 43.5 Å². The Morgan fingerprint density at radius 3 is 2.48 bits per heavy atom. The van der Waals surface area contributed by atoms with Crippen molar-refractivity contribution in [3.05, 3.63) is 35.7 Å². The van der Waals surface area contributed by atoms with Gasteiger partial charge in [0.1, 0.15) is 23.5 Å². The second-order valence-electron chi connectivity index (χ2n) is 7.05. The van der Waals surface area contributed by atoms with Crippen molar-refractivity contribution in [2.45, 2.75) is 40.3 Å². The molecular weight excluding hydrogens is 368 g/mol. The Bertz CT molecular complexity index is 999. The van der Waals surface area contributed by atoms with Crippen LogP contribution < -0.4 is 14.4 Å². The number of nitrogens with zero attached hydrogens (tertiary/aromatic N) is 4. The molecule has 1 atom stereocenters. The smallest absolute Gasteiger partial charge is 0.165 e. The third-order valence-corrected chi connectivity index (χ3v) is 5.09. The maximum absolute atomic E-state index is 5.64. The highest BCUT2D eigenvalue weighted by Gasteiger charge is 2.23. The zero-order valence-corrected chi connectivity index (χ0v) is 18.3. The summed E-state index contributed by atoms with van der Waals surface area (Å²) in [5, 5.41) is 4.84. The minimum Gasteiger partial charge on any atom is -0.497 e. The molecule has 0 aliphatic carbocycles. The average molecular weight is 399 g/mol. The van der Waals surface area contributed by atoms with Gasteiger partial charge in [-0.15, -0.1) is 0 Å². The van der Waals surface area contributed by atoms with Crippen LogP contribution in [0.1, 0.15) is 31.7 Å². The third kappa shape index (κ3) is 3.87. The summed E-state index contributed by atoms with van der Waals surface area (Å²) in [5.74, 6) is 2.43. The second kappa shape index (κ2) is 8.69. The predicted octanol–water partition coefficient (Wildman–Crippen LogP) is 4.24. The number of rotatable bonds is 8. The average Bonchev–Trinajstić information content (AvgIpc) is 3.05. The van der Waals surface area contributed by atoms with Gasteiger partial charge in [-0.2, -0.15) is 9.61 Å². The molecule has 0 radical (unpaired) electrons. The van der Waals surface area contributed by atoms with Gasteiger partial charge in [0.2, 0.25) is 0 Å². The van der Waals surface area contributed by atoms with Crippen molar-refractivity contribution < 1.29 is 14.2 Å².